The van der Waals surface area contributed by atoms with Crippen LogP contribution in [0.5, 0.6) is 5.75 Å². The maximum absolute atomic E-state index is 12.1. The fraction of sp³-hybridized carbons (Fsp3) is 0.250. The predicted molar refractivity (Wildman–Crippen MR) is 69.6 cm³/mol. The summed E-state index contributed by atoms with van der Waals surface area (Å²) in [6.45, 7) is -2.75. The highest BCUT2D eigenvalue weighted by atomic mass is 19.3. The van der Waals surface area contributed by atoms with Gasteiger partial charge in [-0.1, -0.05) is 11.3 Å². The average molecular weight is 297 g/mol. The number of nitrogens with two attached hydrogens (primary N) is 1. The van der Waals surface area contributed by atoms with Gasteiger partial charge in [-0.3, -0.25) is 4.79 Å². The number of nitrogens with one attached hydrogen (secondary N) is 1. The van der Waals surface area contributed by atoms with Crippen molar-refractivity contribution >= 4 is 11.6 Å². The lowest BCUT2D eigenvalue weighted by Gasteiger charge is -2.08. The van der Waals surface area contributed by atoms with Crippen LogP contribution in [0.2, 0.25) is 0 Å². The number of benzene rings is 1. The summed E-state index contributed by atoms with van der Waals surface area (Å²) in [5, 5.41) is 10.0. The van der Waals surface area contributed by atoms with Crippen molar-refractivity contribution < 1.29 is 18.3 Å². The lowest BCUT2D eigenvalue weighted by molar-refractivity contribution is -0.116. The highest BCUT2D eigenvalue weighted by Crippen LogP contribution is 2.19. The van der Waals surface area contributed by atoms with E-state index in [0.29, 0.717) is 11.4 Å². The molecular formula is C12H13F2N5O2. The Morgan fingerprint density at radius 3 is 2.95 bits per heavy atom. The summed E-state index contributed by atoms with van der Waals surface area (Å²) in [5.74, 6) is -0.411. The summed E-state index contributed by atoms with van der Waals surface area (Å²) < 4.78 is 29.8. The van der Waals surface area contributed by atoms with Gasteiger partial charge in [0, 0.05) is 18.3 Å². The molecule has 0 unspecified atom stereocenters. The molecule has 1 aromatic heterocycles. The summed E-state index contributed by atoms with van der Waals surface area (Å²) in [6, 6.07) is 5.72. The second-order valence-corrected chi connectivity index (χ2v) is 4.07. The Morgan fingerprint density at radius 2 is 2.29 bits per heavy atom. The van der Waals surface area contributed by atoms with Gasteiger partial charge in [0.15, 0.2) is 0 Å². The number of hydrogen-bond acceptors (Lipinski definition) is 5. The van der Waals surface area contributed by atoms with E-state index in [9.17, 15) is 13.6 Å². The summed E-state index contributed by atoms with van der Waals surface area (Å²) >= 11 is 0. The quantitative estimate of drug-likeness (QED) is 0.828. The molecular weight excluding hydrogens is 284 g/mol. The van der Waals surface area contributed by atoms with Crippen LogP contribution < -0.4 is 15.8 Å². The van der Waals surface area contributed by atoms with Gasteiger partial charge in [0.2, 0.25) is 5.91 Å². The van der Waals surface area contributed by atoms with Crippen molar-refractivity contribution in [1.82, 2.24) is 15.0 Å². The van der Waals surface area contributed by atoms with E-state index in [1.807, 2.05) is 0 Å². The Kier molecular flexibility index (Phi) is 4.77. The zero-order chi connectivity index (χ0) is 15.2. The lowest BCUT2D eigenvalue weighted by atomic mass is 10.3. The largest absolute Gasteiger partial charge is 0.435 e. The minimum atomic E-state index is -2.92. The van der Waals surface area contributed by atoms with Crippen LogP contribution >= 0.6 is 0 Å². The third-order valence-corrected chi connectivity index (χ3v) is 2.44. The molecule has 0 aliphatic heterocycles. The standard InChI is InChI=1S/C12H13F2N5O2/c13-12(14)21-10-3-1-2-8(4-10)16-11(20)7-19-6-9(5-15)17-18-19/h1-4,6,12H,5,7,15H2,(H,16,20). The van der Waals surface area contributed by atoms with Crippen molar-refractivity contribution in [1.29, 1.82) is 0 Å². The predicted octanol–water partition coefficient (Wildman–Crippen LogP) is 0.977. The smallest absolute Gasteiger partial charge is 0.387 e. The first-order chi connectivity index (χ1) is 10.1. The Labute approximate surface area is 118 Å². The normalized spacial score (nSPS) is 10.7. The molecule has 1 amide bonds. The van der Waals surface area contributed by atoms with Crippen molar-refractivity contribution in [2.75, 3.05) is 5.32 Å². The summed E-state index contributed by atoms with van der Waals surface area (Å²) in [7, 11) is 0. The van der Waals surface area contributed by atoms with E-state index in [1.165, 1.54) is 22.9 Å². The number of anilines is 1. The van der Waals surface area contributed by atoms with Crippen molar-refractivity contribution in [3.63, 3.8) is 0 Å². The molecule has 3 N–H and O–H groups in total. The van der Waals surface area contributed by atoms with E-state index >= 15 is 0 Å². The zero-order valence-corrected chi connectivity index (χ0v) is 10.9. The van der Waals surface area contributed by atoms with Crippen LogP contribution in [-0.4, -0.2) is 27.5 Å². The fourth-order valence-electron chi connectivity index (χ4n) is 1.61. The first-order valence-corrected chi connectivity index (χ1v) is 6.00. The van der Waals surface area contributed by atoms with Gasteiger partial charge in [0.1, 0.15) is 12.3 Å². The van der Waals surface area contributed by atoms with Gasteiger partial charge in [0.05, 0.1) is 11.9 Å². The number of ether oxygens (including phenoxy) is 1. The van der Waals surface area contributed by atoms with Gasteiger partial charge in [0.25, 0.3) is 0 Å². The topological polar surface area (TPSA) is 95.1 Å². The van der Waals surface area contributed by atoms with Crippen LogP contribution in [0.25, 0.3) is 0 Å². The SMILES string of the molecule is NCc1cn(CC(=O)Nc2cccc(OC(F)F)c2)nn1. The van der Waals surface area contributed by atoms with Crippen molar-refractivity contribution in [3.8, 4) is 5.75 Å². The van der Waals surface area contributed by atoms with Crippen LogP contribution in [0.15, 0.2) is 30.5 Å². The van der Waals surface area contributed by atoms with Crippen LogP contribution in [-0.2, 0) is 17.9 Å². The minimum Gasteiger partial charge on any atom is -0.435 e. The molecule has 1 heterocycles. The Balaban J connectivity index is 1.95. The number of amides is 1. The van der Waals surface area contributed by atoms with Crippen LogP contribution in [0.3, 0.4) is 0 Å². The number of rotatable bonds is 6. The monoisotopic (exact) mass is 297 g/mol. The summed E-state index contributed by atoms with van der Waals surface area (Å²) in [6.07, 6.45) is 1.55. The van der Waals surface area contributed by atoms with Gasteiger partial charge in [-0.2, -0.15) is 8.78 Å². The van der Waals surface area contributed by atoms with Gasteiger partial charge in [-0.25, -0.2) is 4.68 Å². The van der Waals surface area contributed by atoms with E-state index in [1.54, 1.807) is 12.3 Å². The second kappa shape index (κ2) is 6.75. The molecule has 112 valence electrons. The highest BCUT2D eigenvalue weighted by Gasteiger charge is 2.08. The lowest BCUT2D eigenvalue weighted by Crippen LogP contribution is -2.19. The van der Waals surface area contributed by atoms with Crippen molar-refractivity contribution in [3.05, 3.63) is 36.2 Å². The molecule has 1 aromatic carbocycles. The molecule has 0 aliphatic carbocycles. The van der Waals surface area contributed by atoms with Crippen LogP contribution in [0.4, 0.5) is 14.5 Å². The summed E-state index contributed by atoms with van der Waals surface area (Å²) in [4.78, 5) is 11.8. The number of carbonyl (C=O) groups is 1. The van der Waals surface area contributed by atoms with Crippen molar-refractivity contribution in [2.45, 2.75) is 19.7 Å². The molecule has 0 bridgehead atoms. The number of hydrogen-bond donors (Lipinski definition) is 2. The Hall–Kier alpha value is -2.55. The van der Waals surface area contributed by atoms with E-state index in [-0.39, 0.29) is 24.7 Å². The van der Waals surface area contributed by atoms with Gasteiger partial charge >= 0.3 is 6.61 Å². The molecule has 0 fully saturated rings. The molecule has 0 saturated carbocycles. The number of halogens is 2. The molecule has 9 heteroatoms. The Bertz CT molecular complexity index is 617. The first kappa shape index (κ1) is 14.9. The zero-order valence-electron chi connectivity index (χ0n) is 10.9. The Morgan fingerprint density at radius 1 is 1.48 bits per heavy atom. The molecule has 0 spiro atoms. The average Bonchev–Trinajstić information content (AvgIpc) is 2.85. The third kappa shape index (κ3) is 4.49. The molecule has 0 radical (unpaired) electrons. The maximum Gasteiger partial charge on any atom is 0.387 e. The number of alkyl halides is 2. The summed E-state index contributed by atoms with van der Waals surface area (Å²) in [5.41, 5.74) is 6.29. The van der Waals surface area contributed by atoms with Gasteiger partial charge in [-0.05, 0) is 12.1 Å². The molecule has 21 heavy (non-hydrogen) atoms. The molecule has 0 aliphatic rings. The third-order valence-electron chi connectivity index (χ3n) is 2.44. The van der Waals surface area contributed by atoms with E-state index in [2.05, 4.69) is 20.4 Å². The van der Waals surface area contributed by atoms with E-state index in [0.717, 1.165) is 0 Å². The number of nitrogens with zero attached hydrogens (tertiary/aromatic N) is 3. The van der Waals surface area contributed by atoms with Crippen molar-refractivity contribution in [2.24, 2.45) is 5.73 Å². The molecule has 0 saturated heterocycles. The molecule has 7 nitrogen and oxygen atoms in total. The van der Waals surface area contributed by atoms with Crippen LogP contribution in [0, 0.1) is 0 Å². The maximum atomic E-state index is 12.1. The van der Waals surface area contributed by atoms with Gasteiger partial charge in [-0.15, -0.1) is 5.10 Å². The first-order valence-electron chi connectivity index (χ1n) is 6.00. The van der Waals surface area contributed by atoms with E-state index in [4.69, 9.17) is 5.73 Å². The molecule has 2 aromatic rings. The second-order valence-electron chi connectivity index (χ2n) is 4.07. The van der Waals surface area contributed by atoms with Crippen LogP contribution in [0.1, 0.15) is 5.69 Å². The number of aromatic nitrogens is 3. The molecule has 0 atom stereocenters. The van der Waals surface area contributed by atoms with E-state index < -0.39 is 6.61 Å². The highest BCUT2D eigenvalue weighted by molar-refractivity contribution is 5.90. The number of carbonyl (C=O) groups excluding carboxylic acids is 1. The van der Waals surface area contributed by atoms with Gasteiger partial charge < -0.3 is 15.8 Å². The minimum absolute atomic E-state index is 0.0334. The molecule has 2 rings (SSSR count). The fourth-order valence-corrected chi connectivity index (χ4v) is 1.61.